The Bertz CT molecular complexity index is 436. The Morgan fingerprint density at radius 2 is 1.74 bits per heavy atom. The van der Waals surface area contributed by atoms with Gasteiger partial charge in [-0.2, -0.15) is 0 Å². The minimum absolute atomic E-state index is 0.106. The van der Waals surface area contributed by atoms with E-state index >= 15 is 0 Å². The molecule has 1 aliphatic heterocycles. The molecule has 6 heteroatoms. The van der Waals surface area contributed by atoms with Crippen molar-refractivity contribution in [3.05, 3.63) is 35.1 Å². The Hall–Kier alpha value is -1.11. The van der Waals surface area contributed by atoms with Gasteiger partial charge in [0, 0.05) is 50.5 Å². The molecule has 1 atom stereocenters. The smallest absolute Gasteiger partial charge is 0.161 e. The third-order valence-corrected chi connectivity index (χ3v) is 3.39. The van der Waals surface area contributed by atoms with E-state index in [1.807, 2.05) is 4.90 Å². The zero-order valence-electron chi connectivity index (χ0n) is 10.5. The highest BCUT2D eigenvalue weighted by molar-refractivity contribution is 5.24. The van der Waals surface area contributed by atoms with Crippen molar-refractivity contribution in [1.29, 1.82) is 0 Å². The highest BCUT2D eigenvalue weighted by Gasteiger charge is 2.25. The molecule has 1 fully saturated rings. The van der Waals surface area contributed by atoms with Crippen LogP contribution in [-0.4, -0.2) is 42.8 Å². The highest BCUT2D eigenvalue weighted by atomic mass is 19.2. The Kier molecular flexibility index (Phi) is 4.79. The molecule has 1 aromatic carbocycles. The summed E-state index contributed by atoms with van der Waals surface area (Å²) < 4.78 is 40.1. The van der Waals surface area contributed by atoms with Crippen molar-refractivity contribution < 1.29 is 18.3 Å². The van der Waals surface area contributed by atoms with Crippen molar-refractivity contribution in [2.24, 2.45) is 0 Å². The van der Waals surface area contributed by atoms with Gasteiger partial charge in [0.05, 0.1) is 0 Å². The van der Waals surface area contributed by atoms with Gasteiger partial charge < -0.3 is 10.4 Å². The van der Waals surface area contributed by atoms with Gasteiger partial charge in [0.15, 0.2) is 11.6 Å². The first-order valence-corrected chi connectivity index (χ1v) is 6.33. The van der Waals surface area contributed by atoms with Gasteiger partial charge in [-0.15, -0.1) is 0 Å². The van der Waals surface area contributed by atoms with E-state index in [2.05, 4.69) is 5.32 Å². The van der Waals surface area contributed by atoms with Crippen LogP contribution in [0.1, 0.15) is 18.0 Å². The highest BCUT2D eigenvalue weighted by Crippen LogP contribution is 2.28. The van der Waals surface area contributed by atoms with Gasteiger partial charge in [0.2, 0.25) is 0 Å². The summed E-state index contributed by atoms with van der Waals surface area (Å²) in [5.74, 6) is -3.02. The van der Waals surface area contributed by atoms with Gasteiger partial charge in [0.1, 0.15) is 5.82 Å². The summed E-state index contributed by atoms with van der Waals surface area (Å²) >= 11 is 0. The van der Waals surface area contributed by atoms with Gasteiger partial charge in [0.25, 0.3) is 0 Å². The molecule has 19 heavy (non-hydrogen) atoms. The Labute approximate surface area is 110 Å². The molecule has 0 amide bonds. The summed E-state index contributed by atoms with van der Waals surface area (Å²) in [6, 6.07) is 1.03. The summed E-state index contributed by atoms with van der Waals surface area (Å²) in [5.41, 5.74) is 0.106. The molecule has 0 bridgehead atoms. The molecule has 1 aromatic rings. The minimum atomic E-state index is -1.19. The fourth-order valence-corrected chi connectivity index (χ4v) is 2.44. The van der Waals surface area contributed by atoms with Crippen LogP contribution in [-0.2, 0) is 0 Å². The van der Waals surface area contributed by atoms with Crippen molar-refractivity contribution >= 4 is 0 Å². The van der Waals surface area contributed by atoms with Gasteiger partial charge in [-0.25, -0.2) is 13.2 Å². The number of nitrogens with zero attached hydrogens (tertiary/aromatic N) is 1. The van der Waals surface area contributed by atoms with E-state index in [4.69, 9.17) is 5.11 Å². The second-order valence-electron chi connectivity index (χ2n) is 4.60. The lowest BCUT2D eigenvalue weighted by Gasteiger charge is -2.35. The van der Waals surface area contributed by atoms with E-state index in [0.29, 0.717) is 25.6 Å². The van der Waals surface area contributed by atoms with Gasteiger partial charge in [-0.3, -0.25) is 4.90 Å². The number of halogens is 3. The summed E-state index contributed by atoms with van der Waals surface area (Å²) in [4.78, 5) is 1.97. The summed E-state index contributed by atoms with van der Waals surface area (Å²) in [7, 11) is 0. The van der Waals surface area contributed by atoms with Crippen LogP contribution in [0.4, 0.5) is 13.2 Å². The third-order valence-electron chi connectivity index (χ3n) is 3.39. The quantitative estimate of drug-likeness (QED) is 0.815. The van der Waals surface area contributed by atoms with E-state index in [1.165, 1.54) is 0 Å². The van der Waals surface area contributed by atoms with E-state index in [-0.39, 0.29) is 12.2 Å². The molecule has 106 valence electrons. The van der Waals surface area contributed by atoms with Crippen LogP contribution >= 0.6 is 0 Å². The van der Waals surface area contributed by atoms with Crippen LogP contribution in [0.3, 0.4) is 0 Å². The topological polar surface area (TPSA) is 35.5 Å². The summed E-state index contributed by atoms with van der Waals surface area (Å²) in [6.07, 6.45) is 0.294. The normalized spacial score (nSPS) is 18.5. The van der Waals surface area contributed by atoms with Crippen molar-refractivity contribution in [3.63, 3.8) is 0 Å². The molecule has 0 aliphatic carbocycles. The number of aliphatic hydroxyl groups is 1. The molecule has 2 N–H and O–H groups in total. The number of benzene rings is 1. The molecule has 0 unspecified atom stereocenters. The lowest BCUT2D eigenvalue weighted by atomic mass is 10.0. The Morgan fingerprint density at radius 1 is 1.11 bits per heavy atom. The largest absolute Gasteiger partial charge is 0.396 e. The molecule has 3 nitrogen and oxygen atoms in total. The maximum atomic E-state index is 13.8. The van der Waals surface area contributed by atoms with Gasteiger partial charge >= 0.3 is 0 Å². The molecule has 1 saturated heterocycles. The maximum Gasteiger partial charge on any atom is 0.161 e. The fourth-order valence-electron chi connectivity index (χ4n) is 2.44. The number of piperazine rings is 1. The SMILES string of the molecule is OCC[C@@H](c1cc(F)c(F)cc1F)N1CCNCC1. The van der Waals surface area contributed by atoms with Crippen LogP contribution in [0.15, 0.2) is 12.1 Å². The van der Waals surface area contributed by atoms with Crippen LogP contribution < -0.4 is 5.32 Å². The second kappa shape index (κ2) is 6.36. The third kappa shape index (κ3) is 3.26. The number of nitrogens with one attached hydrogen (secondary N) is 1. The summed E-state index contributed by atoms with van der Waals surface area (Å²) in [5, 5.41) is 12.3. The molecule has 1 heterocycles. The monoisotopic (exact) mass is 274 g/mol. The number of aliphatic hydroxyl groups excluding tert-OH is 1. The van der Waals surface area contributed by atoms with Crippen molar-refractivity contribution in [3.8, 4) is 0 Å². The molecular formula is C13H17F3N2O. The average Bonchev–Trinajstić information content (AvgIpc) is 2.42. The van der Waals surface area contributed by atoms with Crippen LogP contribution in [0, 0.1) is 17.5 Å². The molecule has 2 rings (SSSR count). The van der Waals surface area contributed by atoms with E-state index in [9.17, 15) is 13.2 Å². The maximum absolute atomic E-state index is 13.8. The zero-order valence-corrected chi connectivity index (χ0v) is 10.5. The number of rotatable bonds is 4. The molecule has 0 spiro atoms. The van der Waals surface area contributed by atoms with Crippen molar-refractivity contribution in [1.82, 2.24) is 10.2 Å². The lowest BCUT2D eigenvalue weighted by molar-refractivity contribution is 0.138. The average molecular weight is 274 g/mol. The van der Waals surface area contributed by atoms with Gasteiger partial charge in [-0.1, -0.05) is 0 Å². The van der Waals surface area contributed by atoms with Crippen LogP contribution in [0.25, 0.3) is 0 Å². The standard InChI is InChI=1S/C13H17F3N2O/c14-10-8-12(16)11(15)7-9(10)13(1-6-19)18-4-2-17-3-5-18/h7-8,13,17,19H,1-6H2/t13-/m0/s1. The number of hydrogen-bond donors (Lipinski definition) is 2. The first kappa shape index (κ1) is 14.3. The molecule has 1 aliphatic rings. The van der Waals surface area contributed by atoms with Crippen molar-refractivity contribution in [2.75, 3.05) is 32.8 Å². The molecular weight excluding hydrogens is 257 g/mol. The van der Waals surface area contributed by atoms with Crippen LogP contribution in [0.2, 0.25) is 0 Å². The lowest BCUT2D eigenvalue weighted by Crippen LogP contribution is -2.45. The predicted molar refractivity (Wildman–Crippen MR) is 65.2 cm³/mol. The number of hydrogen-bond acceptors (Lipinski definition) is 3. The van der Waals surface area contributed by atoms with Gasteiger partial charge in [-0.05, 0) is 12.5 Å². The van der Waals surface area contributed by atoms with E-state index in [0.717, 1.165) is 19.2 Å². The zero-order chi connectivity index (χ0) is 13.8. The fraction of sp³-hybridized carbons (Fsp3) is 0.538. The predicted octanol–water partition coefficient (Wildman–Crippen LogP) is 1.43. The van der Waals surface area contributed by atoms with E-state index < -0.39 is 23.5 Å². The second-order valence-corrected chi connectivity index (χ2v) is 4.60. The molecule has 0 radical (unpaired) electrons. The Balaban J connectivity index is 2.29. The Morgan fingerprint density at radius 3 is 2.37 bits per heavy atom. The first-order chi connectivity index (χ1) is 9.13. The summed E-state index contributed by atoms with van der Waals surface area (Å²) in [6.45, 7) is 2.75. The molecule has 0 saturated carbocycles. The first-order valence-electron chi connectivity index (χ1n) is 6.33. The van der Waals surface area contributed by atoms with Crippen molar-refractivity contribution in [2.45, 2.75) is 12.5 Å². The van der Waals surface area contributed by atoms with Crippen LogP contribution in [0.5, 0.6) is 0 Å². The molecule has 0 aromatic heterocycles. The van der Waals surface area contributed by atoms with E-state index in [1.54, 1.807) is 0 Å². The minimum Gasteiger partial charge on any atom is -0.396 e.